The van der Waals surface area contributed by atoms with Crippen molar-refractivity contribution in [2.75, 3.05) is 16.8 Å². The normalized spacial score (nSPS) is 11.6. The predicted molar refractivity (Wildman–Crippen MR) is 73.3 cm³/mol. The van der Waals surface area contributed by atoms with Crippen molar-refractivity contribution in [3.63, 3.8) is 0 Å². The third-order valence-electron chi connectivity index (χ3n) is 1.87. The molecule has 0 aromatic carbocycles. The van der Waals surface area contributed by atoms with Crippen molar-refractivity contribution in [1.29, 1.82) is 0 Å². The van der Waals surface area contributed by atoms with Crippen molar-refractivity contribution in [3.05, 3.63) is 11.6 Å². The molecule has 0 radical (unpaired) electrons. The molecule has 1 atom stereocenters. The van der Waals surface area contributed by atoms with Gasteiger partial charge in [0.2, 0.25) is 11.8 Å². The van der Waals surface area contributed by atoms with Crippen LogP contribution in [0.5, 0.6) is 0 Å². The largest absolute Gasteiger partial charge is 0.480 e. The molecule has 0 saturated heterocycles. The zero-order valence-electron chi connectivity index (χ0n) is 10.1. The van der Waals surface area contributed by atoms with Crippen LogP contribution < -0.4 is 10.6 Å². The van der Waals surface area contributed by atoms with Crippen molar-refractivity contribution in [2.24, 2.45) is 0 Å². The molecule has 2 amide bonds. The second kappa shape index (κ2) is 7.74. The van der Waals surface area contributed by atoms with E-state index in [-0.39, 0.29) is 17.4 Å². The SMILES string of the molecule is CC(=O)N[C@@H](CSCC(=O)Nc1nccs1)C(=O)O. The van der Waals surface area contributed by atoms with Crippen LogP contribution in [0.2, 0.25) is 0 Å². The summed E-state index contributed by atoms with van der Waals surface area (Å²) in [4.78, 5) is 37.0. The maximum atomic E-state index is 11.5. The molecule has 0 aliphatic heterocycles. The Morgan fingerprint density at radius 1 is 1.53 bits per heavy atom. The molecule has 19 heavy (non-hydrogen) atoms. The Morgan fingerprint density at radius 2 is 2.26 bits per heavy atom. The number of carbonyl (C=O) groups is 3. The number of aromatic nitrogens is 1. The number of carboxylic acid groups (broad SMARTS) is 1. The summed E-state index contributed by atoms with van der Waals surface area (Å²) in [5.41, 5.74) is 0. The number of hydrogen-bond acceptors (Lipinski definition) is 6. The number of rotatable bonds is 7. The molecule has 1 aromatic heterocycles. The van der Waals surface area contributed by atoms with E-state index >= 15 is 0 Å². The fourth-order valence-electron chi connectivity index (χ4n) is 1.13. The highest BCUT2D eigenvalue weighted by atomic mass is 32.2. The number of nitrogens with zero attached hydrogens (tertiary/aromatic N) is 1. The average molecular weight is 303 g/mol. The lowest BCUT2D eigenvalue weighted by molar-refractivity contribution is -0.140. The minimum atomic E-state index is -1.12. The average Bonchev–Trinajstić information content (AvgIpc) is 2.79. The summed E-state index contributed by atoms with van der Waals surface area (Å²) in [5, 5.41) is 16.0. The molecular weight excluding hydrogens is 290 g/mol. The van der Waals surface area contributed by atoms with E-state index in [1.807, 2.05) is 0 Å². The van der Waals surface area contributed by atoms with Gasteiger partial charge in [0.25, 0.3) is 0 Å². The predicted octanol–water partition coefficient (Wildman–Crippen LogP) is 0.404. The molecule has 3 N–H and O–H groups in total. The summed E-state index contributed by atoms with van der Waals surface area (Å²) in [6, 6.07) is -0.991. The lowest BCUT2D eigenvalue weighted by atomic mass is 10.3. The lowest BCUT2D eigenvalue weighted by Gasteiger charge is -2.12. The Balaban J connectivity index is 2.29. The molecule has 0 saturated carbocycles. The van der Waals surface area contributed by atoms with Crippen molar-refractivity contribution in [1.82, 2.24) is 10.3 Å². The van der Waals surface area contributed by atoms with Gasteiger partial charge < -0.3 is 15.7 Å². The molecule has 0 unspecified atom stereocenters. The second-order valence-electron chi connectivity index (χ2n) is 3.49. The zero-order chi connectivity index (χ0) is 14.3. The van der Waals surface area contributed by atoms with Gasteiger partial charge in [-0.1, -0.05) is 0 Å². The van der Waals surface area contributed by atoms with Crippen molar-refractivity contribution >= 4 is 46.0 Å². The summed E-state index contributed by atoms with van der Waals surface area (Å²) in [6.07, 6.45) is 1.57. The van der Waals surface area contributed by atoms with Gasteiger partial charge in [-0.15, -0.1) is 23.1 Å². The molecule has 0 aliphatic carbocycles. The summed E-state index contributed by atoms with van der Waals surface area (Å²) < 4.78 is 0. The maximum absolute atomic E-state index is 11.5. The van der Waals surface area contributed by atoms with Gasteiger partial charge in [0.1, 0.15) is 6.04 Å². The van der Waals surface area contributed by atoms with Crippen LogP contribution in [0, 0.1) is 0 Å². The third kappa shape index (κ3) is 6.20. The first-order chi connectivity index (χ1) is 8.99. The van der Waals surface area contributed by atoms with E-state index in [1.165, 1.54) is 18.3 Å². The number of aliphatic carboxylic acids is 1. The minimum absolute atomic E-state index is 0.100. The molecule has 9 heteroatoms. The van der Waals surface area contributed by atoms with Gasteiger partial charge in [-0.2, -0.15) is 0 Å². The van der Waals surface area contributed by atoms with Crippen molar-refractivity contribution in [3.8, 4) is 0 Å². The van der Waals surface area contributed by atoms with Crippen LogP contribution >= 0.6 is 23.1 Å². The molecule has 7 nitrogen and oxygen atoms in total. The van der Waals surface area contributed by atoms with E-state index in [1.54, 1.807) is 11.6 Å². The summed E-state index contributed by atoms with van der Waals surface area (Å²) in [6.45, 7) is 1.25. The molecule has 0 bridgehead atoms. The van der Waals surface area contributed by atoms with Crippen LogP contribution in [-0.4, -0.2) is 45.4 Å². The zero-order valence-corrected chi connectivity index (χ0v) is 11.7. The fourth-order valence-corrected chi connectivity index (χ4v) is 2.51. The third-order valence-corrected chi connectivity index (χ3v) is 3.60. The molecule has 104 valence electrons. The van der Waals surface area contributed by atoms with E-state index in [0.717, 1.165) is 11.8 Å². The first-order valence-corrected chi connectivity index (χ1v) is 7.29. The number of hydrogen-bond donors (Lipinski definition) is 3. The molecule has 0 fully saturated rings. The lowest BCUT2D eigenvalue weighted by Crippen LogP contribution is -2.41. The van der Waals surface area contributed by atoms with Gasteiger partial charge in [0.05, 0.1) is 5.75 Å². The van der Waals surface area contributed by atoms with Gasteiger partial charge >= 0.3 is 5.97 Å². The maximum Gasteiger partial charge on any atom is 0.327 e. The van der Waals surface area contributed by atoms with Gasteiger partial charge in [-0.05, 0) is 0 Å². The van der Waals surface area contributed by atoms with Gasteiger partial charge in [0, 0.05) is 24.3 Å². The number of nitrogens with one attached hydrogen (secondary N) is 2. The van der Waals surface area contributed by atoms with Crippen LogP contribution in [0.15, 0.2) is 11.6 Å². The van der Waals surface area contributed by atoms with E-state index < -0.39 is 17.9 Å². The van der Waals surface area contributed by atoms with E-state index in [0.29, 0.717) is 5.13 Å². The smallest absolute Gasteiger partial charge is 0.327 e. The summed E-state index contributed by atoms with van der Waals surface area (Å²) >= 11 is 2.43. The number of carboxylic acids is 1. The number of carbonyl (C=O) groups excluding carboxylic acids is 2. The molecular formula is C10H13N3O4S2. The number of thiazole rings is 1. The Morgan fingerprint density at radius 3 is 2.79 bits per heavy atom. The molecule has 0 spiro atoms. The second-order valence-corrected chi connectivity index (χ2v) is 5.42. The van der Waals surface area contributed by atoms with Crippen molar-refractivity contribution < 1.29 is 19.5 Å². The molecule has 1 rings (SSSR count). The fraction of sp³-hybridized carbons (Fsp3) is 0.400. The number of amides is 2. The first kappa shape index (κ1) is 15.4. The van der Waals surface area contributed by atoms with Crippen LogP contribution in [0.3, 0.4) is 0 Å². The standard InChI is InChI=1S/C10H13N3O4S2/c1-6(14)12-7(9(16)17)4-18-5-8(15)13-10-11-2-3-19-10/h2-3,7H,4-5H2,1H3,(H,12,14)(H,16,17)(H,11,13,15)/t7-/m0/s1. The summed E-state index contributed by atoms with van der Waals surface area (Å²) in [7, 11) is 0. The summed E-state index contributed by atoms with van der Waals surface area (Å²) in [5.74, 6) is -1.57. The van der Waals surface area contributed by atoms with Crippen LogP contribution in [-0.2, 0) is 14.4 Å². The Kier molecular flexibility index (Phi) is 6.30. The first-order valence-electron chi connectivity index (χ1n) is 5.26. The molecule has 0 aliphatic rings. The topological polar surface area (TPSA) is 108 Å². The van der Waals surface area contributed by atoms with Crippen molar-refractivity contribution in [2.45, 2.75) is 13.0 Å². The highest BCUT2D eigenvalue weighted by molar-refractivity contribution is 8.00. The molecule has 1 heterocycles. The molecule has 1 aromatic rings. The van der Waals surface area contributed by atoms with Gasteiger partial charge in [-0.3, -0.25) is 9.59 Å². The highest BCUT2D eigenvalue weighted by Gasteiger charge is 2.18. The van der Waals surface area contributed by atoms with Gasteiger partial charge in [-0.25, -0.2) is 9.78 Å². The highest BCUT2D eigenvalue weighted by Crippen LogP contribution is 2.11. The number of thioether (sulfide) groups is 1. The van der Waals surface area contributed by atoms with Gasteiger partial charge in [0.15, 0.2) is 5.13 Å². The van der Waals surface area contributed by atoms with E-state index in [2.05, 4.69) is 15.6 Å². The van der Waals surface area contributed by atoms with E-state index in [9.17, 15) is 14.4 Å². The minimum Gasteiger partial charge on any atom is -0.480 e. The number of anilines is 1. The monoisotopic (exact) mass is 303 g/mol. The Bertz CT molecular complexity index is 450. The Labute approximate surface area is 117 Å². The van der Waals surface area contributed by atoms with Crippen LogP contribution in [0.4, 0.5) is 5.13 Å². The van der Waals surface area contributed by atoms with Crippen LogP contribution in [0.1, 0.15) is 6.92 Å². The Hall–Kier alpha value is -1.61. The van der Waals surface area contributed by atoms with Crippen LogP contribution in [0.25, 0.3) is 0 Å². The van der Waals surface area contributed by atoms with E-state index in [4.69, 9.17) is 5.11 Å². The quantitative estimate of drug-likeness (QED) is 0.673.